The molecule has 0 spiro atoms. The summed E-state index contributed by atoms with van der Waals surface area (Å²) in [5.74, 6) is -1.36. The summed E-state index contributed by atoms with van der Waals surface area (Å²) in [6.07, 6.45) is 6.95. The van der Waals surface area contributed by atoms with E-state index >= 15 is 0 Å². The van der Waals surface area contributed by atoms with E-state index in [4.69, 9.17) is 10.00 Å². The van der Waals surface area contributed by atoms with Crippen molar-refractivity contribution in [2.75, 3.05) is 6.61 Å². The van der Waals surface area contributed by atoms with Crippen molar-refractivity contribution in [2.24, 2.45) is 5.92 Å². The van der Waals surface area contributed by atoms with Gasteiger partial charge in [0.1, 0.15) is 17.5 Å². The van der Waals surface area contributed by atoms with Crippen LogP contribution >= 0.6 is 0 Å². The van der Waals surface area contributed by atoms with Gasteiger partial charge >= 0.3 is 0 Å². The third-order valence-corrected chi connectivity index (χ3v) is 4.91. The van der Waals surface area contributed by atoms with E-state index in [1.165, 1.54) is 25.7 Å². The molecule has 1 fully saturated rings. The summed E-state index contributed by atoms with van der Waals surface area (Å²) in [4.78, 5) is 35.8. The van der Waals surface area contributed by atoms with E-state index in [-0.39, 0.29) is 18.6 Å². The third-order valence-electron chi connectivity index (χ3n) is 4.91. The maximum Gasteiger partial charge on any atom is 0.251 e. The van der Waals surface area contributed by atoms with E-state index in [0.717, 1.165) is 12.8 Å². The summed E-state index contributed by atoms with van der Waals surface area (Å²) < 4.78 is 5.70. The Balaban J connectivity index is 1.80. The molecule has 0 aromatic heterocycles. The summed E-state index contributed by atoms with van der Waals surface area (Å²) >= 11 is 0. The predicted octanol–water partition coefficient (Wildman–Crippen LogP) is 3.60. The molecule has 0 aliphatic heterocycles. The number of ketones is 2. The lowest BCUT2D eigenvalue weighted by Gasteiger charge is -2.25. The number of nitriles is 1. The second-order valence-electron chi connectivity index (χ2n) is 7.21. The first-order valence-corrected chi connectivity index (χ1v) is 10.0. The van der Waals surface area contributed by atoms with Crippen molar-refractivity contribution in [3.05, 3.63) is 29.8 Å². The fourth-order valence-electron chi connectivity index (χ4n) is 3.29. The Morgan fingerprint density at radius 3 is 2.50 bits per heavy atom. The molecule has 0 heterocycles. The molecule has 28 heavy (non-hydrogen) atoms. The molecule has 1 aliphatic rings. The van der Waals surface area contributed by atoms with Crippen LogP contribution in [0.15, 0.2) is 24.3 Å². The molecule has 0 bridgehead atoms. The van der Waals surface area contributed by atoms with Crippen LogP contribution in [0.1, 0.15) is 68.6 Å². The first kappa shape index (κ1) is 21.6. The molecule has 1 saturated carbocycles. The number of rotatable bonds is 10. The van der Waals surface area contributed by atoms with Gasteiger partial charge in [-0.15, -0.1) is 0 Å². The first-order valence-electron chi connectivity index (χ1n) is 10.0. The van der Waals surface area contributed by atoms with Gasteiger partial charge in [0.05, 0.1) is 25.1 Å². The van der Waals surface area contributed by atoms with E-state index in [9.17, 15) is 14.4 Å². The van der Waals surface area contributed by atoms with E-state index in [2.05, 4.69) is 12.2 Å². The number of hydrogen-bond donors (Lipinski definition) is 1. The van der Waals surface area contributed by atoms with Crippen LogP contribution in [-0.4, -0.2) is 30.1 Å². The Kier molecular flexibility index (Phi) is 8.67. The molecule has 1 amide bonds. The largest absolute Gasteiger partial charge is 0.494 e. The number of hydrogen-bond acceptors (Lipinski definition) is 5. The minimum absolute atomic E-state index is 0.00908. The van der Waals surface area contributed by atoms with Crippen LogP contribution in [0.25, 0.3) is 0 Å². The average Bonchev–Trinajstić information content (AvgIpc) is 2.67. The SMILES string of the molecule is CCCCCCCCOc1ccc(C(=O)NC2CC(=O)CC(=O)C2C#N)cc1. The molecule has 6 nitrogen and oxygen atoms in total. The maximum atomic E-state index is 12.4. The highest BCUT2D eigenvalue weighted by Crippen LogP contribution is 2.20. The van der Waals surface area contributed by atoms with Crippen molar-refractivity contribution in [3.8, 4) is 11.8 Å². The molecule has 2 atom stereocenters. The van der Waals surface area contributed by atoms with Crippen LogP contribution in [0.5, 0.6) is 5.75 Å². The van der Waals surface area contributed by atoms with Crippen molar-refractivity contribution in [3.63, 3.8) is 0 Å². The number of unbranched alkanes of at least 4 members (excludes halogenated alkanes) is 5. The lowest BCUT2D eigenvalue weighted by atomic mass is 9.83. The quantitative estimate of drug-likeness (QED) is 0.491. The first-order chi connectivity index (χ1) is 13.5. The van der Waals surface area contributed by atoms with E-state index in [1.54, 1.807) is 24.3 Å². The van der Waals surface area contributed by atoms with Crippen LogP contribution in [0.4, 0.5) is 0 Å². The highest BCUT2D eigenvalue weighted by atomic mass is 16.5. The maximum absolute atomic E-state index is 12.4. The molecule has 1 aliphatic carbocycles. The van der Waals surface area contributed by atoms with Gasteiger partial charge in [-0.3, -0.25) is 14.4 Å². The van der Waals surface area contributed by atoms with Crippen LogP contribution in [0.3, 0.4) is 0 Å². The zero-order valence-corrected chi connectivity index (χ0v) is 16.4. The van der Waals surface area contributed by atoms with E-state index in [0.29, 0.717) is 17.9 Å². The lowest BCUT2D eigenvalue weighted by Crippen LogP contribution is -2.47. The Hall–Kier alpha value is -2.68. The van der Waals surface area contributed by atoms with Crippen molar-refractivity contribution >= 4 is 17.5 Å². The Bertz CT molecular complexity index is 721. The molecule has 150 valence electrons. The third kappa shape index (κ3) is 6.49. The van der Waals surface area contributed by atoms with E-state index in [1.807, 2.05) is 6.07 Å². The van der Waals surface area contributed by atoms with Crippen LogP contribution in [0, 0.1) is 17.2 Å². The standard InChI is InChI=1S/C22H28N2O4/c1-2-3-4-5-6-7-12-28-18-10-8-16(9-11-18)22(27)24-20-13-17(25)14-21(26)19(20)15-23/h8-11,19-20H,2-7,12-14H2,1H3,(H,24,27). The molecule has 1 aromatic rings. The zero-order valence-electron chi connectivity index (χ0n) is 16.4. The average molecular weight is 384 g/mol. The van der Waals surface area contributed by atoms with Crippen LogP contribution < -0.4 is 10.1 Å². The lowest BCUT2D eigenvalue weighted by molar-refractivity contribution is -0.132. The number of ether oxygens (including phenoxy) is 1. The minimum atomic E-state index is -0.971. The van der Waals surface area contributed by atoms with E-state index < -0.39 is 23.7 Å². The molecule has 0 saturated heterocycles. The number of nitrogens with one attached hydrogen (secondary N) is 1. The number of nitrogens with zero attached hydrogens (tertiary/aromatic N) is 1. The smallest absolute Gasteiger partial charge is 0.251 e. The van der Waals surface area contributed by atoms with Crippen molar-refractivity contribution in [2.45, 2.75) is 64.3 Å². The van der Waals surface area contributed by atoms with Crippen molar-refractivity contribution < 1.29 is 19.1 Å². The Morgan fingerprint density at radius 2 is 1.82 bits per heavy atom. The molecule has 2 unspecified atom stereocenters. The molecule has 1 N–H and O–H groups in total. The topological polar surface area (TPSA) is 96.3 Å². The van der Waals surface area contributed by atoms with Gasteiger partial charge in [0.25, 0.3) is 5.91 Å². The Morgan fingerprint density at radius 1 is 1.14 bits per heavy atom. The summed E-state index contributed by atoms with van der Waals surface area (Å²) in [5, 5.41) is 11.8. The summed E-state index contributed by atoms with van der Waals surface area (Å²) in [5.41, 5.74) is 0.397. The van der Waals surface area contributed by atoms with Gasteiger partial charge in [-0.1, -0.05) is 39.0 Å². The molecule has 1 aromatic carbocycles. The highest BCUT2D eigenvalue weighted by molar-refractivity contribution is 6.05. The number of carbonyl (C=O) groups excluding carboxylic acids is 3. The van der Waals surface area contributed by atoms with Gasteiger partial charge in [0.15, 0.2) is 5.78 Å². The monoisotopic (exact) mass is 384 g/mol. The normalized spacial score (nSPS) is 19.1. The second kappa shape index (κ2) is 11.2. The number of amides is 1. The van der Waals surface area contributed by atoms with Crippen LogP contribution in [0.2, 0.25) is 0 Å². The zero-order chi connectivity index (χ0) is 20.4. The molecular weight excluding hydrogens is 356 g/mol. The molecule has 6 heteroatoms. The molecule has 2 rings (SSSR count). The van der Waals surface area contributed by atoms with Crippen LogP contribution in [-0.2, 0) is 9.59 Å². The van der Waals surface area contributed by atoms with Crippen molar-refractivity contribution in [1.29, 1.82) is 5.26 Å². The number of Topliss-reactive ketones (excluding diaryl/α,β-unsaturated/α-hetero) is 2. The van der Waals surface area contributed by atoms with Crippen molar-refractivity contribution in [1.82, 2.24) is 5.32 Å². The predicted molar refractivity (Wildman–Crippen MR) is 105 cm³/mol. The molecule has 0 radical (unpaired) electrons. The molecular formula is C22H28N2O4. The van der Waals surface area contributed by atoms with Gasteiger partial charge in [-0.05, 0) is 30.7 Å². The highest BCUT2D eigenvalue weighted by Gasteiger charge is 2.37. The van der Waals surface area contributed by atoms with Gasteiger partial charge in [0, 0.05) is 12.0 Å². The summed E-state index contributed by atoms with van der Waals surface area (Å²) in [7, 11) is 0. The van der Waals surface area contributed by atoms with Gasteiger partial charge in [-0.2, -0.15) is 5.26 Å². The number of carbonyl (C=O) groups is 3. The van der Waals surface area contributed by atoms with Gasteiger partial charge < -0.3 is 10.1 Å². The van der Waals surface area contributed by atoms with Gasteiger partial charge in [0.2, 0.25) is 0 Å². The second-order valence-corrected chi connectivity index (χ2v) is 7.21. The number of benzene rings is 1. The fourth-order valence-corrected chi connectivity index (χ4v) is 3.29. The summed E-state index contributed by atoms with van der Waals surface area (Å²) in [6, 6.07) is 7.86. The minimum Gasteiger partial charge on any atom is -0.494 e. The van der Waals surface area contributed by atoms with Gasteiger partial charge in [-0.25, -0.2) is 0 Å². The fraction of sp³-hybridized carbons (Fsp3) is 0.545. The summed E-state index contributed by atoms with van der Waals surface area (Å²) in [6.45, 7) is 2.84. The Labute approximate surface area is 166 Å².